The molecule has 102 valence electrons. The summed E-state index contributed by atoms with van der Waals surface area (Å²) in [5, 5.41) is 4.64. The van der Waals surface area contributed by atoms with Crippen molar-refractivity contribution in [3.8, 4) is 22.0 Å². The van der Waals surface area contributed by atoms with Crippen LogP contribution in [0.4, 0.5) is 0 Å². The Bertz CT molecular complexity index is 956. The lowest BCUT2D eigenvalue weighted by atomic mass is 10.2. The van der Waals surface area contributed by atoms with Crippen molar-refractivity contribution in [3.63, 3.8) is 0 Å². The zero-order valence-electron chi connectivity index (χ0n) is 10.7. The van der Waals surface area contributed by atoms with Crippen LogP contribution in [0, 0.1) is 0 Å². The fourth-order valence-electron chi connectivity index (χ4n) is 2.19. The molecule has 0 aliphatic rings. The molecule has 0 radical (unpaired) electrons. The van der Waals surface area contributed by atoms with Crippen LogP contribution in [0.25, 0.3) is 32.2 Å². The zero-order valence-corrected chi connectivity index (χ0v) is 12.4. The smallest absolute Gasteiger partial charge is 0.260 e. The molecule has 0 atom stereocenters. The number of hydrogen-bond acceptors (Lipinski definition) is 5. The van der Waals surface area contributed by atoms with E-state index in [-0.39, 0.29) is 5.56 Å². The van der Waals surface area contributed by atoms with Gasteiger partial charge in [0.2, 0.25) is 0 Å². The molecule has 0 spiro atoms. The molecule has 0 saturated carbocycles. The minimum Gasteiger partial charge on any atom is -0.305 e. The molecule has 0 amide bonds. The van der Waals surface area contributed by atoms with Crippen LogP contribution in [0.2, 0.25) is 0 Å². The Balaban J connectivity index is 1.96. The first kappa shape index (κ1) is 12.4. The minimum absolute atomic E-state index is 0.120. The van der Waals surface area contributed by atoms with Crippen LogP contribution in [0.5, 0.6) is 0 Å². The summed E-state index contributed by atoms with van der Waals surface area (Å²) >= 11 is 3.10. The van der Waals surface area contributed by atoms with Crippen molar-refractivity contribution in [2.75, 3.05) is 0 Å². The Hall–Kier alpha value is -2.31. The van der Waals surface area contributed by atoms with Crippen molar-refractivity contribution in [2.24, 2.45) is 0 Å². The van der Waals surface area contributed by atoms with Crippen LogP contribution in [-0.2, 0) is 0 Å². The van der Waals surface area contributed by atoms with E-state index >= 15 is 0 Å². The second kappa shape index (κ2) is 4.91. The molecule has 4 aromatic rings. The predicted molar refractivity (Wildman–Crippen MR) is 86.8 cm³/mol. The van der Waals surface area contributed by atoms with Crippen LogP contribution >= 0.6 is 22.7 Å². The second-order valence-electron chi connectivity index (χ2n) is 4.44. The fourth-order valence-corrected chi connectivity index (χ4v) is 3.95. The fraction of sp³-hybridized carbons (Fsp3) is 0. The van der Waals surface area contributed by atoms with Gasteiger partial charge in [0.25, 0.3) is 5.56 Å². The Morgan fingerprint density at radius 2 is 2.05 bits per heavy atom. The number of nitrogens with zero attached hydrogens (tertiary/aromatic N) is 2. The van der Waals surface area contributed by atoms with E-state index in [0.717, 1.165) is 15.3 Å². The van der Waals surface area contributed by atoms with Crippen molar-refractivity contribution >= 4 is 32.9 Å². The average Bonchev–Trinajstić information content (AvgIpc) is 3.17. The normalized spacial score (nSPS) is 11.0. The molecule has 6 heteroatoms. The molecule has 0 aliphatic carbocycles. The number of aromatic amines is 1. The lowest BCUT2D eigenvalue weighted by Crippen LogP contribution is -2.09. The van der Waals surface area contributed by atoms with Gasteiger partial charge in [0.15, 0.2) is 5.82 Å². The molecule has 0 aromatic carbocycles. The van der Waals surface area contributed by atoms with Gasteiger partial charge in [-0.2, -0.15) is 0 Å². The summed E-state index contributed by atoms with van der Waals surface area (Å²) in [7, 11) is 0. The van der Waals surface area contributed by atoms with Crippen molar-refractivity contribution in [2.45, 2.75) is 0 Å². The first-order valence-corrected chi connectivity index (χ1v) is 8.05. The highest BCUT2D eigenvalue weighted by atomic mass is 32.1. The first-order valence-electron chi connectivity index (χ1n) is 6.30. The van der Waals surface area contributed by atoms with Gasteiger partial charge in [-0.1, -0.05) is 12.1 Å². The highest BCUT2D eigenvalue weighted by Crippen LogP contribution is 2.33. The third-order valence-corrected chi connectivity index (χ3v) is 4.91. The molecule has 21 heavy (non-hydrogen) atoms. The summed E-state index contributed by atoms with van der Waals surface area (Å²) in [5.74, 6) is 0.507. The van der Waals surface area contributed by atoms with Gasteiger partial charge in [-0.3, -0.25) is 9.78 Å². The van der Waals surface area contributed by atoms with Gasteiger partial charge in [0, 0.05) is 22.0 Å². The average molecular weight is 311 g/mol. The molecule has 1 N–H and O–H groups in total. The maximum Gasteiger partial charge on any atom is 0.260 e. The van der Waals surface area contributed by atoms with E-state index in [4.69, 9.17) is 0 Å². The van der Waals surface area contributed by atoms with Crippen LogP contribution in [-0.4, -0.2) is 15.0 Å². The van der Waals surface area contributed by atoms with Gasteiger partial charge in [0.05, 0.1) is 5.39 Å². The van der Waals surface area contributed by atoms with E-state index < -0.39 is 0 Å². The number of aromatic nitrogens is 3. The SMILES string of the molecule is O=c1[nH]c(-c2ccccn2)nc2scc(-c3cccs3)c12. The molecule has 4 rings (SSSR count). The largest absolute Gasteiger partial charge is 0.305 e. The summed E-state index contributed by atoms with van der Waals surface area (Å²) in [5.41, 5.74) is 1.50. The van der Waals surface area contributed by atoms with E-state index in [0.29, 0.717) is 16.9 Å². The highest BCUT2D eigenvalue weighted by Gasteiger charge is 2.14. The maximum absolute atomic E-state index is 12.4. The zero-order chi connectivity index (χ0) is 14.2. The Morgan fingerprint density at radius 3 is 2.81 bits per heavy atom. The third kappa shape index (κ3) is 2.09. The van der Waals surface area contributed by atoms with Gasteiger partial charge >= 0.3 is 0 Å². The van der Waals surface area contributed by atoms with E-state index in [1.807, 2.05) is 41.1 Å². The molecule has 0 aliphatic heterocycles. The molecule has 4 aromatic heterocycles. The quantitative estimate of drug-likeness (QED) is 0.613. The standard InChI is InChI=1S/C15H9N3OS2/c19-14-12-9(11-5-3-7-20-11)8-21-15(12)18-13(17-14)10-4-1-2-6-16-10/h1-8H,(H,17,18,19). The number of thiophene rings is 2. The Kier molecular flexibility index (Phi) is 2.90. The third-order valence-electron chi connectivity index (χ3n) is 3.14. The second-order valence-corrected chi connectivity index (χ2v) is 6.24. The molecule has 4 nitrogen and oxygen atoms in total. The van der Waals surface area contributed by atoms with Crippen LogP contribution in [0.15, 0.2) is 52.1 Å². The van der Waals surface area contributed by atoms with Gasteiger partial charge in [-0.25, -0.2) is 4.98 Å². The molecule has 4 heterocycles. The monoisotopic (exact) mass is 311 g/mol. The molecular formula is C15H9N3OS2. The topological polar surface area (TPSA) is 58.6 Å². The summed E-state index contributed by atoms with van der Waals surface area (Å²) < 4.78 is 0. The van der Waals surface area contributed by atoms with Crippen molar-refractivity contribution < 1.29 is 0 Å². The Morgan fingerprint density at radius 1 is 1.10 bits per heavy atom. The summed E-state index contributed by atoms with van der Waals surface area (Å²) in [6, 6.07) is 9.53. The van der Waals surface area contributed by atoms with Crippen LogP contribution in [0.3, 0.4) is 0 Å². The molecule has 0 saturated heterocycles. The van der Waals surface area contributed by atoms with Crippen molar-refractivity contribution in [1.82, 2.24) is 15.0 Å². The van der Waals surface area contributed by atoms with Crippen LogP contribution < -0.4 is 5.56 Å². The summed E-state index contributed by atoms with van der Waals surface area (Å²) in [4.78, 5) is 25.9. The number of rotatable bonds is 2. The number of hydrogen-bond donors (Lipinski definition) is 1. The summed E-state index contributed by atoms with van der Waals surface area (Å²) in [6.07, 6.45) is 1.69. The first-order chi connectivity index (χ1) is 10.3. The van der Waals surface area contributed by atoms with Crippen LogP contribution in [0.1, 0.15) is 0 Å². The van der Waals surface area contributed by atoms with Gasteiger partial charge < -0.3 is 4.98 Å². The number of H-pyrrole nitrogens is 1. The Labute approximate surface area is 127 Å². The molecular weight excluding hydrogens is 302 g/mol. The van der Waals surface area contributed by atoms with E-state index in [9.17, 15) is 4.79 Å². The van der Waals surface area contributed by atoms with Crippen molar-refractivity contribution in [1.29, 1.82) is 0 Å². The van der Waals surface area contributed by atoms with Gasteiger partial charge in [-0.15, -0.1) is 22.7 Å². The van der Waals surface area contributed by atoms with E-state index in [1.54, 1.807) is 17.5 Å². The van der Waals surface area contributed by atoms with E-state index in [2.05, 4.69) is 15.0 Å². The lowest BCUT2D eigenvalue weighted by molar-refractivity contribution is 1.15. The summed E-state index contributed by atoms with van der Waals surface area (Å²) in [6.45, 7) is 0. The van der Waals surface area contributed by atoms with Gasteiger partial charge in [0.1, 0.15) is 10.5 Å². The number of pyridine rings is 1. The molecule has 0 unspecified atom stereocenters. The lowest BCUT2D eigenvalue weighted by Gasteiger charge is -2.00. The predicted octanol–water partition coefficient (Wildman–Crippen LogP) is 3.78. The molecule has 0 fully saturated rings. The minimum atomic E-state index is -0.120. The highest BCUT2D eigenvalue weighted by molar-refractivity contribution is 7.18. The number of nitrogens with one attached hydrogen (secondary N) is 1. The van der Waals surface area contributed by atoms with Gasteiger partial charge in [-0.05, 0) is 23.6 Å². The maximum atomic E-state index is 12.4. The molecule has 0 bridgehead atoms. The number of fused-ring (bicyclic) bond motifs is 1. The van der Waals surface area contributed by atoms with Crippen molar-refractivity contribution in [3.05, 3.63) is 57.6 Å². The van der Waals surface area contributed by atoms with E-state index in [1.165, 1.54) is 11.3 Å².